The molecule has 0 aliphatic carbocycles. The Morgan fingerprint density at radius 3 is 2.64 bits per heavy atom. The van der Waals surface area contributed by atoms with Crippen LogP contribution in [0.25, 0.3) is 32.8 Å². The summed E-state index contributed by atoms with van der Waals surface area (Å²) in [4.78, 5) is 12.8. The second-order valence-corrected chi connectivity index (χ2v) is 12.6. The van der Waals surface area contributed by atoms with Crippen molar-refractivity contribution >= 4 is 37.7 Å². The van der Waals surface area contributed by atoms with Gasteiger partial charge in [0.15, 0.2) is 0 Å². The molecule has 0 bridgehead atoms. The van der Waals surface area contributed by atoms with E-state index in [4.69, 9.17) is 4.74 Å². The molecule has 3 aromatic carbocycles. The third-order valence-electron chi connectivity index (χ3n) is 8.06. The fourth-order valence-corrected chi connectivity index (χ4v) is 7.29. The molecule has 218 valence electrons. The van der Waals surface area contributed by atoms with Crippen LogP contribution in [0, 0.1) is 0 Å². The van der Waals surface area contributed by atoms with Crippen LogP contribution in [0.1, 0.15) is 47.2 Å². The summed E-state index contributed by atoms with van der Waals surface area (Å²) >= 11 is 0. The second kappa shape index (κ2) is 11.3. The van der Waals surface area contributed by atoms with Crippen molar-refractivity contribution in [3.05, 3.63) is 83.3 Å². The minimum absolute atomic E-state index is 0.0761. The van der Waals surface area contributed by atoms with Gasteiger partial charge in [-0.05, 0) is 42.7 Å². The van der Waals surface area contributed by atoms with Crippen molar-refractivity contribution in [1.82, 2.24) is 19.1 Å². The van der Waals surface area contributed by atoms with E-state index in [0.29, 0.717) is 31.6 Å². The SMILES string of the molecule is CCc1c2c(nn1C)CNS(=O)(=O)CCCn1c(C(=O)O)c(CCCOc3cccc4ccccc34)c3cccc-2c31. The smallest absolute Gasteiger partial charge is 0.352 e. The van der Waals surface area contributed by atoms with Gasteiger partial charge in [0.25, 0.3) is 0 Å². The van der Waals surface area contributed by atoms with E-state index in [0.717, 1.165) is 49.8 Å². The van der Waals surface area contributed by atoms with Crippen LogP contribution in [0.2, 0.25) is 0 Å². The van der Waals surface area contributed by atoms with Crippen molar-refractivity contribution in [3.8, 4) is 16.9 Å². The number of nitrogens with zero attached hydrogens (tertiary/aromatic N) is 3. The molecule has 2 N–H and O–H groups in total. The second-order valence-electron chi connectivity index (χ2n) is 10.7. The summed E-state index contributed by atoms with van der Waals surface area (Å²) in [6.07, 6.45) is 2.08. The first kappa shape index (κ1) is 28.0. The fourth-order valence-electron chi connectivity index (χ4n) is 6.28. The van der Waals surface area contributed by atoms with Gasteiger partial charge in [-0.15, -0.1) is 0 Å². The van der Waals surface area contributed by atoms with Crippen LogP contribution in [-0.2, 0) is 43.0 Å². The lowest BCUT2D eigenvalue weighted by atomic mass is 9.97. The number of aromatic nitrogens is 3. The minimum atomic E-state index is -3.57. The van der Waals surface area contributed by atoms with E-state index in [1.165, 1.54) is 0 Å². The molecule has 0 radical (unpaired) electrons. The van der Waals surface area contributed by atoms with Crippen molar-refractivity contribution < 1.29 is 23.1 Å². The van der Waals surface area contributed by atoms with Crippen LogP contribution in [0.4, 0.5) is 0 Å². The van der Waals surface area contributed by atoms with E-state index in [9.17, 15) is 18.3 Å². The van der Waals surface area contributed by atoms with Gasteiger partial charge >= 0.3 is 5.97 Å². The highest BCUT2D eigenvalue weighted by Gasteiger charge is 2.28. The average Bonchev–Trinajstić information content (AvgIpc) is 3.47. The van der Waals surface area contributed by atoms with E-state index in [2.05, 4.69) is 9.82 Å². The molecule has 1 aliphatic rings. The van der Waals surface area contributed by atoms with Crippen molar-refractivity contribution in [1.29, 1.82) is 0 Å². The maximum absolute atomic E-state index is 12.8. The molecule has 0 fully saturated rings. The van der Waals surface area contributed by atoms with Gasteiger partial charge in [-0.3, -0.25) is 4.68 Å². The number of carbonyl (C=O) groups is 1. The highest BCUT2D eigenvalue weighted by Crippen LogP contribution is 2.39. The lowest BCUT2D eigenvalue weighted by molar-refractivity contribution is 0.0684. The summed E-state index contributed by atoms with van der Waals surface area (Å²) in [7, 11) is -1.71. The quantitative estimate of drug-likeness (QED) is 0.251. The number of nitrogens with one attached hydrogen (secondary N) is 1. The summed E-state index contributed by atoms with van der Waals surface area (Å²) in [6, 6.07) is 19.9. The van der Waals surface area contributed by atoms with Gasteiger partial charge in [0.05, 0.1) is 30.1 Å². The number of rotatable bonds is 7. The van der Waals surface area contributed by atoms with Crippen LogP contribution in [0.15, 0.2) is 60.7 Å². The molecule has 0 spiro atoms. The zero-order valence-corrected chi connectivity index (χ0v) is 24.6. The third-order valence-corrected chi connectivity index (χ3v) is 9.48. The number of hydrogen-bond donors (Lipinski definition) is 2. The standard InChI is InChI=1S/C32H34N4O5S/c1-3-27-29-25-14-7-13-23-24(15-8-18-41-28-16-6-11-21-10-4-5-12-22(21)28)31(32(37)38)36(30(23)25)17-9-19-42(39,40)33-20-26(29)34-35(27)2/h4-7,10-14,16,33H,3,8-9,15,17-20H2,1-2H3,(H,37,38). The molecule has 42 heavy (non-hydrogen) atoms. The first-order valence-electron chi connectivity index (χ1n) is 14.3. The van der Waals surface area contributed by atoms with Gasteiger partial charge in [0.2, 0.25) is 10.0 Å². The number of fused-ring (bicyclic) bond motifs is 3. The molecule has 5 aromatic rings. The highest BCUT2D eigenvalue weighted by atomic mass is 32.2. The first-order valence-corrected chi connectivity index (χ1v) is 15.9. The number of carboxylic acid groups (broad SMARTS) is 1. The summed E-state index contributed by atoms with van der Waals surface area (Å²) in [5, 5.41) is 18.2. The third kappa shape index (κ3) is 5.05. The van der Waals surface area contributed by atoms with Crippen molar-refractivity contribution in [3.63, 3.8) is 0 Å². The number of aromatic carboxylic acids is 1. The van der Waals surface area contributed by atoms with Crippen molar-refractivity contribution in [2.45, 2.75) is 45.7 Å². The zero-order chi connectivity index (χ0) is 29.4. The lowest BCUT2D eigenvalue weighted by Crippen LogP contribution is -2.27. The molecule has 0 saturated heterocycles. The molecule has 0 atom stereocenters. The predicted octanol–water partition coefficient (Wildman–Crippen LogP) is 5.29. The zero-order valence-electron chi connectivity index (χ0n) is 23.8. The monoisotopic (exact) mass is 586 g/mol. The molecule has 6 rings (SSSR count). The number of carboxylic acids is 1. The molecule has 0 unspecified atom stereocenters. The Morgan fingerprint density at radius 1 is 1.07 bits per heavy atom. The Labute approximate surface area is 244 Å². The van der Waals surface area contributed by atoms with Gasteiger partial charge < -0.3 is 14.4 Å². The average molecular weight is 587 g/mol. The van der Waals surface area contributed by atoms with E-state index in [1.807, 2.05) is 79.2 Å². The topological polar surface area (TPSA) is 115 Å². The summed E-state index contributed by atoms with van der Waals surface area (Å²) in [6.45, 7) is 2.80. The van der Waals surface area contributed by atoms with E-state index >= 15 is 0 Å². The van der Waals surface area contributed by atoms with Crippen LogP contribution < -0.4 is 9.46 Å². The molecule has 3 heterocycles. The van der Waals surface area contributed by atoms with Crippen LogP contribution in [0.5, 0.6) is 5.75 Å². The molecular formula is C32H34N4O5S. The molecule has 1 aliphatic heterocycles. The van der Waals surface area contributed by atoms with Gasteiger partial charge in [-0.25, -0.2) is 17.9 Å². The van der Waals surface area contributed by atoms with E-state index in [-0.39, 0.29) is 31.0 Å². The molecule has 0 amide bonds. The Balaban J connectivity index is 1.43. The van der Waals surface area contributed by atoms with Gasteiger partial charge in [0, 0.05) is 41.2 Å². The minimum Gasteiger partial charge on any atom is -0.493 e. The largest absolute Gasteiger partial charge is 0.493 e. The number of benzene rings is 3. The highest BCUT2D eigenvalue weighted by molar-refractivity contribution is 7.89. The van der Waals surface area contributed by atoms with Gasteiger partial charge in [0.1, 0.15) is 11.4 Å². The lowest BCUT2D eigenvalue weighted by Gasteiger charge is -2.12. The van der Waals surface area contributed by atoms with Crippen molar-refractivity contribution in [2.75, 3.05) is 12.4 Å². The number of para-hydroxylation sites is 1. The van der Waals surface area contributed by atoms with Gasteiger partial charge in [-0.1, -0.05) is 61.5 Å². The molecule has 9 nitrogen and oxygen atoms in total. The Morgan fingerprint density at radius 2 is 1.83 bits per heavy atom. The van der Waals surface area contributed by atoms with Crippen molar-refractivity contribution in [2.24, 2.45) is 7.05 Å². The van der Waals surface area contributed by atoms with Crippen LogP contribution >= 0.6 is 0 Å². The first-order chi connectivity index (χ1) is 20.3. The molecular weight excluding hydrogens is 552 g/mol. The maximum atomic E-state index is 12.8. The number of hydrogen-bond acceptors (Lipinski definition) is 5. The Hall–Kier alpha value is -4.15. The number of aryl methyl sites for hydroxylation is 3. The molecule has 0 saturated carbocycles. The van der Waals surface area contributed by atoms with E-state index in [1.54, 1.807) is 4.68 Å². The fraction of sp³-hybridized carbons (Fsp3) is 0.312. The van der Waals surface area contributed by atoms with Crippen LogP contribution in [0.3, 0.4) is 0 Å². The Kier molecular flexibility index (Phi) is 7.51. The van der Waals surface area contributed by atoms with Crippen LogP contribution in [-0.4, -0.2) is 46.2 Å². The summed E-state index contributed by atoms with van der Waals surface area (Å²) in [5.74, 6) is -0.331. The summed E-state index contributed by atoms with van der Waals surface area (Å²) < 4.78 is 38.1. The summed E-state index contributed by atoms with van der Waals surface area (Å²) in [5.41, 5.74) is 5.07. The number of ether oxygens (including phenoxy) is 1. The molecule has 2 aromatic heterocycles. The normalized spacial score (nSPS) is 14.9. The maximum Gasteiger partial charge on any atom is 0.352 e. The van der Waals surface area contributed by atoms with Gasteiger partial charge in [-0.2, -0.15) is 5.10 Å². The Bertz CT molecular complexity index is 1920. The number of sulfonamides is 1. The van der Waals surface area contributed by atoms with E-state index < -0.39 is 16.0 Å². The predicted molar refractivity (Wildman–Crippen MR) is 163 cm³/mol. The molecule has 10 heteroatoms.